The van der Waals surface area contributed by atoms with Crippen molar-refractivity contribution in [1.82, 2.24) is 19.5 Å². The summed E-state index contributed by atoms with van der Waals surface area (Å²) in [6.45, 7) is 0.756. The summed E-state index contributed by atoms with van der Waals surface area (Å²) in [5.41, 5.74) is 4.46. The Bertz CT molecular complexity index is 1030. The van der Waals surface area contributed by atoms with Crippen LogP contribution in [0.3, 0.4) is 0 Å². The molecule has 0 fully saturated rings. The maximum absolute atomic E-state index is 12.6. The highest BCUT2D eigenvalue weighted by Crippen LogP contribution is 2.24. The van der Waals surface area contributed by atoms with Crippen LogP contribution in [0.25, 0.3) is 11.1 Å². The average Bonchev–Trinajstić information content (AvgIpc) is 3.17. The molecule has 1 N–H and O–H groups in total. The first-order chi connectivity index (χ1) is 13.1. The van der Waals surface area contributed by atoms with Gasteiger partial charge < -0.3 is 0 Å². The molecule has 140 valence electrons. The van der Waals surface area contributed by atoms with Crippen LogP contribution in [0.15, 0.2) is 60.0 Å². The molecule has 0 bridgehead atoms. The lowest BCUT2D eigenvalue weighted by molar-refractivity contribution is 0.560. The molecule has 0 saturated carbocycles. The Kier molecular flexibility index (Phi) is 5.05. The standard InChI is InChI=1S/C20H22N4O2S/c25-27(26,20-6-5-16-3-1-2-4-18(16)13-20)23-11-12-24-15-19(14-22-24)17-7-9-21-10-8-17/h5-10,13-15,23H,1-4,11-12H2. The Morgan fingerprint density at radius 3 is 2.59 bits per heavy atom. The molecule has 0 radical (unpaired) electrons. The predicted octanol–water partition coefficient (Wildman–Crippen LogP) is 2.80. The summed E-state index contributed by atoms with van der Waals surface area (Å²) in [6.07, 6.45) is 11.5. The lowest BCUT2D eigenvalue weighted by Crippen LogP contribution is -2.27. The Hall–Kier alpha value is -2.51. The molecule has 0 aliphatic heterocycles. The Morgan fingerprint density at radius 2 is 1.78 bits per heavy atom. The van der Waals surface area contributed by atoms with Gasteiger partial charge in [0, 0.05) is 30.7 Å². The van der Waals surface area contributed by atoms with Crippen LogP contribution in [0, 0.1) is 0 Å². The molecule has 3 aromatic rings. The predicted molar refractivity (Wildman–Crippen MR) is 104 cm³/mol. The smallest absolute Gasteiger partial charge is 0.240 e. The van der Waals surface area contributed by atoms with Gasteiger partial charge in [-0.25, -0.2) is 13.1 Å². The summed E-state index contributed by atoms with van der Waals surface area (Å²) >= 11 is 0. The Labute approximate surface area is 159 Å². The molecule has 2 heterocycles. The number of aryl methyl sites for hydroxylation is 2. The molecular formula is C20H22N4O2S. The van der Waals surface area contributed by atoms with Crippen molar-refractivity contribution in [2.75, 3.05) is 6.54 Å². The number of hydrogen-bond acceptors (Lipinski definition) is 4. The summed E-state index contributed by atoms with van der Waals surface area (Å²) < 4.78 is 29.6. The summed E-state index contributed by atoms with van der Waals surface area (Å²) in [6, 6.07) is 9.33. The van der Waals surface area contributed by atoms with Gasteiger partial charge in [0.1, 0.15) is 0 Å². The van der Waals surface area contributed by atoms with E-state index in [-0.39, 0.29) is 6.54 Å². The van der Waals surface area contributed by atoms with Gasteiger partial charge in [-0.2, -0.15) is 5.10 Å². The number of sulfonamides is 1. The van der Waals surface area contributed by atoms with E-state index in [0.717, 1.165) is 36.0 Å². The van der Waals surface area contributed by atoms with Crippen LogP contribution >= 0.6 is 0 Å². The van der Waals surface area contributed by atoms with Crippen molar-refractivity contribution in [3.05, 3.63) is 66.2 Å². The summed E-state index contributed by atoms with van der Waals surface area (Å²) in [5, 5.41) is 4.30. The second-order valence-electron chi connectivity index (χ2n) is 6.76. The number of nitrogens with zero attached hydrogens (tertiary/aromatic N) is 3. The molecular weight excluding hydrogens is 360 g/mol. The molecule has 0 amide bonds. The first-order valence-electron chi connectivity index (χ1n) is 9.16. The molecule has 0 spiro atoms. The summed E-state index contributed by atoms with van der Waals surface area (Å²) in [5.74, 6) is 0. The van der Waals surface area contributed by atoms with Crippen molar-refractivity contribution in [2.24, 2.45) is 0 Å². The third-order valence-electron chi connectivity index (χ3n) is 4.91. The van der Waals surface area contributed by atoms with E-state index in [9.17, 15) is 8.42 Å². The van der Waals surface area contributed by atoms with Crippen molar-refractivity contribution < 1.29 is 8.42 Å². The Morgan fingerprint density at radius 1 is 1.00 bits per heavy atom. The van der Waals surface area contributed by atoms with E-state index in [0.29, 0.717) is 11.4 Å². The first-order valence-corrected chi connectivity index (χ1v) is 10.6. The van der Waals surface area contributed by atoms with Crippen LogP contribution in [0.4, 0.5) is 0 Å². The molecule has 27 heavy (non-hydrogen) atoms. The van der Waals surface area contributed by atoms with Gasteiger partial charge in [0.25, 0.3) is 0 Å². The zero-order valence-electron chi connectivity index (χ0n) is 15.0. The van der Waals surface area contributed by atoms with E-state index in [4.69, 9.17) is 0 Å². The second-order valence-corrected chi connectivity index (χ2v) is 8.53. The number of nitrogens with one attached hydrogen (secondary N) is 1. The fraction of sp³-hybridized carbons (Fsp3) is 0.300. The van der Waals surface area contributed by atoms with Crippen LogP contribution in [0.2, 0.25) is 0 Å². The van der Waals surface area contributed by atoms with Gasteiger partial charge in [0.2, 0.25) is 10.0 Å². The van der Waals surface area contributed by atoms with Gasteiger partial charge in [0.05, 0.1) is 17.6 Å². The molecule has 1 aromatic carbocycles. The monoisotopic (exact) mass is 382 g/mol. The van der Waals surface area contributed by atoms with Crippen molar-refractivity contribution in [3.8, 4) is 11.1 Å². The van der Waals surface area contributed by atoms with E-state index >= 15 is 0 Å². The average molecular weight is 382 g/mol. The topological polar surface area (TPSA) is 76.9 Å². The van der Waals surface area contributed by atoms with Crippen LogP contribution < -0.4 is 4.72 Å². The fourth-order valence-electron chi connectivity index (χ4n) is 3.43. The number of pyridine rings is 1. The third kappa shape index (κ3) is 4.09. The minimum Gasteiger partial charge on any atom is -0.271 e. The number of hydrogen-bond donors (Lipinski definition) is 1. The largest absolute Gasteiger partial charge is 0.271 e. The third-order valence-corrected chi connectivity index (χ3v) is 6.37. The van der Waals surface area contributed by atoms with E-state index in [1.54, 1.807) is 29.3 Å². The van der Waals surface area contributed by atoms with Gasteiger partial charge in [-0.05, 0) is 66.6 Å². The maximum Gasteiger partial charge on any atom is 0.240 e. The molecule has 4 rings (SSSR count). The van der Waals surface area contributed by atoms with Gasteiger partial charge in [-0.3, -0.25) is 9.67 Å². The molecule has 1 aliphatic rings. The number of benzene rings is 1. The minimum atomic E-state index is -3.51. The summed E-state index contributed by atoms with van der Waals surface area (Å²) in [4.78, 5) is 4.35. The summed E-state index contributed by atoms with van der Waals surface area (Å²) in [7, 11) is -3.51. The molecule has 7 heteroatoms. The first kappa shape index (κ1) is 17.9. The van der Waals surface area contributed by atoms with Gasteiger partial charge in [0.15, 0.2) is 0 Å². The van der Waals surface area contributed by atoms with Crippen molar-refractivity contribution in [2.45, 2.75) is 37.1 Å². The molecule has 0 unspecified atom stereocenters. The van der Waals surface area contributed by atoms with Crippen LogP contribution in [-0.2, 0) is 29.4 Å². The molecule has 0 atom stereocenters. The van der Waals surface area contributed by atoms with E-state index < -0.39 is 10.0 Å². The normalized spacial score (nSPS) is 14.1. The van der Waals surface area contributed by atoms with E-state index in [2.05, 4.69) is 14.8 Å². The molecule has 0 saturated heterocycles. The minimum absolute atomic E-state index is 0.289. The molecule has 1 aliphatic carbocycles. The maximum atomic E-state index is 12.6. The lowest BCUT2D eigenvalue weighted by Gasteiger charge is -2.16. The SMILES string of the molecule is O=S(=O)(NCCn1cc(-c2ccncc2)cn1)c1ccc2c(c1)CCCC2. The zero-order chi connectivity index (χ0) is 18.7. The zero-order valence-corrected chi connectivity index (χ0v) is 15.8. The Balaban J connectivity index is 1.39. The van der Waals surface area contributed by atoms with Gasteiger partial charge in [-0.1, -0.05) is 6.07 Å². The van der Waals surface area contributed by atoms with Crippen molar-refractivity contribution in [3.63, 3.8) is 0 Å². The van der Waals surface area contributed by atoms with Crippen LogP contribution in [0.5, 0.6) is 0 Å². The van der Waals surface area contributed by atoms with Gasteiger partial charge >= 0.3 is 0 Å². The van der Waals surface area contributed by atoms with E-state index in [1.807, 2.05) is 30.5 Å². The number of rotatable bonds is 6. The number of aromatic nitrogens is 3. The number of fused-ring (bicyclic) bond motifs is 1. The molecule has 6 nitrogen and oxygen atoms in total. The highest BCUT2D eigenvalue weighted by atomic mass is 32.2. The van der Waals surface area contributed by atoms with Crippen LogP contribution in [0.1, 0.15) is 24.0 Å². The second kappa shape index (κ2) is 7.62. The van der Waals surface area contributed by atoms with Gasteiger partial charge in [-0.15, -0.1) is 0 Å². The lowest BCUT2D eigenvalue weighted by atomic mass is 9.92. The fourth-order valence-corrected chi connectivity index (χ4v) is 4.51. The van der Waals surface area contributed by atoms with E-state index in [1.165, 1.54) is 12.0 Å². The van der Waals surface area contributed by atoms with Crippen molar-refractivity contribution in [1.29, 1.82) is 0 Å². The highest BCUT2D eigenvalue weighted by molar-refractivity contribution is 7.89. The van der Waals surface area contributed by atoms with Crippen LogP contribution in [-0.4, -0.2) is 29.7 Å². The highest BCUT2D eigenvalue weighted by Gasteiger charge is 2.17. The quantitative estimate of drug-likeness (QED) is 0.711. The van der Waals surface area contributed by atoms with Crippen molar-refractivity contribution >= 4 is 10.0 Å². The molecule has 2 aromatic heterocycles.